The van der Waals surface area contributed by atoms with E-state index in [2.05, 4.69) is 15.3 Å². The van der Waals surface area contributed by atoms with Crippen LogP contribution in [0.2, 0.25) is 0 Å². The highest BCUT2D eigenvalue weighted by Crippen LogP contribution is 2.09. The average molecular weight is 290 g/mol. The van der Waals surface area contributed by atoms with Gasteiger partial charge in [0.1, 0.15) is 5.82 Å². The number of benzene rings is 1. The molecule has 0 spiro atoms. The van der Waals surface area contributed by atoms with Gasteiger partial charge < -0.3 is 15.8 Å². The summed E-state index contributed by atoms with van der Waals surface area (Å²) in [6, 6.07) is 5.33. The maximum atomic E-state index is 12.9. The highest BCUT2D eigenvalue weighted by atomic mass is 19.1. The van der Waals surface area contributed by atoms with Crippen molar-refractivity contribution in [2.75, 3.05) is 17.7 Å². The minimum atomic E-state index is -0.866. The van der Waals surface area contributed by atoms with Crippen molar-refractivity contribution in [3.05, 3.63) is 48.2 Å². The fourth-order valence-electron chi connectivity index (χ4n) is 1.47. The van der Waals surface area contributed by atoms with E-state index in [1.165, 1.54) is 30.6 Å². The molecule has 1 aromatic carbocycles. The van der Waals surface area contributed by atoms with Crippen LogP contribution in [0, 0.1) is 5.82 Å². The molecule has 2 rings (SSSR count). The highest BCUT2D eigenvalue weighted by Gasteiger charge is 2.15. The van der Waals surface area contributed by atoms with Gasteiger partial charge in [0.2, 0.25) is 0 Å². The molecule has 1 heterocycles. The largest absolute Gasteiger partial charge is 0.451 e. The standard InChI is InChI=1S/C13H11FN4O3/c14-8-2-1-3-9(6-8)18-10(19)7-21-13(20)11-12(15)17-5-4-16-11/h1-6H,7H2,(H2,15,17)(H,18,19). The first-order chi connectivity index (χ1) is 10.1. The predicted molar refractivity (Wildman–Crippen MR) is 71.8 cm³/mol. The second kappa shape index (κ2) is 6.42. The number of carbonyl (C=O) groups is 2. The third kappa shape index (κ3) is 3.96. The zero-order valence-corrected chi connectivity index (χ0v) is 10.7. The Kier molecular flexibility index (Phi) is 4.39. The minimum Gasteiger partial charge on any atom is -0.451 e. The average Bonchev–Trinajstić information content (AvgIpc) is 2.45. The molecule has 3 N–H and O–H groups in total. The van der Waals surface area contributed by atoms with Crippen molar-refractivity contribution >= 4 is 23.4 Å². The summed E-state index contributed by atoms with van der Waals surface area (Å²) in [6.45, 7) is -0.550. The number of ether oxygens (including phenoxy) is 1. The van der Waals surface area contributed by atoms with E-state index in [4.69, 9.17) is 10.5 Å². The molecule has 0 fully saturated rings. The molecular formula is C13H11FN4O3. The number of aromatic nitrogens is 2. The summed E-state index contributed by atoms with van der Waals surface area (Å²) in [4.78, 5) is 30.6. The van der Waals surface area contributed by atoms with Gasteiger partial charge in [-0.15, -0.1) is 0 Å². The highest BCUT2D eigenvalue weighted by molar-refractivity contribution is 5.96. The monoisotopic (exact) mass is 290 g/mol. The number of nitrogens with two attached hydrogens (primary N) is 1. The molecule has 0 aliphatic rings. The molecule has 0 radical (unpaired) electrons. The molecule has 0 aliphatic carbocycles. The van der Waals surface area contributed by atoms with Gasteiger partial charge in [0.15, 0.2) is 18.1 Å². The van der Waals surface area contributed by atoms with Gasteiger partial charge in [-0.1, -0.05) is 6.07 Å². The molecule has 108 valence electrons. The first-order valence-corrected chi connectivity index (χ1v) is 5.85. The van der Waals surface area contributed by atoms with Crippen molar-refractivity contribution in [1.82, 2.24) is 9.97 Å². The number of carbonyl (C=O) groups excluding carboxylic acids is 2. The topological polar surface area (TPSA) is 107 Å². The Morgan fingerprint density at radius 3 is 2.76 bits per heavy atom. The zero-order chi connectivity index (χ0) is 15.2. The molecule has 2 aromatic rings. The molecule has 21 heavy (non-hydrogen) atoms. The van der Waals surface area contributed by atoms with Gasteiger partial charge in [-0.2, -0.15) is 0 Å². The number of nitrogens with zero attached hydrogens (tertiary/aromatic N) is 2. The fourth-order valence-corrected chi connectivity index (χ4v) is 1.47. The Bertz CT molecular complexity index is 678. The first kappa shape index (κ1) is 14.4. The third-order valence-electron chi connectivity index (χ3n) is 2.36. The van der Waals surface area contributed by atoms with Crippen molar-refractivity contribution < 1.29 is 18.7 Å². The van der Waals surface area contributed by atoms with Gasteiger partial charge in [-0.3, -0.25) is 4.79 Å². The van der Waals surface area contributed by atoms with E-state index in [1.807, 2.05) is 0 Å². The summed E-state index contributed by atoms with van der Waals surface area (Å²) in [6.07, 6.45) is 2.60. The number of anilines is 2. The van der Waals surface area contributed by atoms with E-state index in [-0.39, 0.29) is 17.2 Å². The number of nitrogen functional groups attached to an aromatic ring is 1. The number of nitrogens with one attached hydrogen (secondary N) is 1. The Morgan fingerprint density at radius 2 is 2.05 bits per heavy atom. The third-order valence-corrected chi connectivity index (χ3v) is 2.36. The summed E-state index contributed by atoms with van der Waals surface area (Å²) < 4.78 is 17.7. The summed E-state index contributed by atoms with van der Waals surface area (Å²) in [5.74, 6) is -2.06. The molecule has 8 heteroatoms. The SMILES string of the molecule is Nc1nccnc1C(=O)OCC(=O)Nc1cccc(F)c1. The van der Waals surface area contributed by atoms with Crippen molar-refractivity contribution in [2.45, 2.75) is 0 Å². The van der Waals surface area contributed by atoms with E-state index >= 15 is 0 Å². The molecule has 1 amide bonds. The maximum Gasteiger partial charge on any atom is 0.361 e. The van der Waals surface area contributed by atoms with Crippen LogP contribution in [0.4, 0.5) is 15.9 Å². The second-order valence-electron chi connectivity index (χ2n) is 3.92. The van der Waals surface area contributed by atoms with Crippen LogP contribution in [0.1, 0.15) is 10.5 Å². The van der Waals surface area contributed by atoms with Gasteiger partial charge in [-0.25, -0.2) is 19.2 Å². The second-order valence-corrected chi connectivity index (χ2v) is 3.92. The van der Waals surface area contributed by atoms with E-state index in [0.29, 0.717) is 0 Å². The van der Waals surface area contributed by atoms with Gasteiger partial charge in [0, 0.05) is 18.1 Å². The van der Waals surface area contributed by atoms with Gasteiger partial charge in [0.05, 0.1) is 0 Å². The summed E-state index contributed by atoms with van der Waals surface area (Å²) in [5.41, 5.74) is 5.54. The lowest BCUT2D eigenvalue weighted by atomic mass is 10.3. The van der Waals surface area contributed by atoms with Crippen LogP contribution in [0.15, 0.2) is 36.7 Å². The Balaban J connectivity index is 1.90. The molecule has 7 nitrogen and oxygen atoms in total. The predicted octanol–water partition coefficient (Wildman–Crippen LogP) is 0.993. The Labute approximate surface area is 119 Å². The van der Waals surface area contributed by atoms with Crippen LogP contribution in [0.5, 0.6) is 0 Å². The number of halogens is 1. The fraction of sp³-hybridized carbons (Fsp3) is 0.0769. The lowest BCUT2D eigenvalue weighted by Crippen LogP contribution is -2.22. The lowest BCUT2D eigenvalue weighted by Gasteiger charge is -2.07. The van der Waals surface area contributed by atoms with Gasteiger partial charge in [0.25, 0.3) is 5.91 Å². The van der Waals surface area contributed by atoms with Crippen LogP contribution in [0.25, 0.3) is 0 Å². The summed E-state index contributed by atoms with van der Waals surface area (Å²) >= 11 is 0. The molecule has 1 aromatic heterocycles. The van der Waals surface area contributed by atoms with Crippen molar-refractivity contribution in [1.29, 1.82) is 0 Å². The number of hydrogen-bond donors (Lipinski definition) is 2. The van der Waals surface area contributed by atoms with Gasteiger partial charge in [-0.05, 0) is 18.2 Å². The lowest BCUT2D eigenvalue weighted by molar-refractivity contribution is -0.119. The van der Waals surface area contributed by atoms with Crippen molar-refractivity contribution in [3.63, 3.8) is 0 Å². The molecule has 0 saturated heterocycles. The smallest absolute Gasteiger partial charge is 0.361 e. The van der Waals surface area contributed by atoms with E-state index in [1.54, 1.807) is 0 Å². The van der Waals surface area contributed by atoms with Crippen LogP contribution in [0.3, 0.4) is 0 Å². The molecule has 0 atom stereocenters. The van der Waals surface area contributed by atoms with Crippen LogP contribution >= 0.6 is 0 Å². The van der Waals surface area contributed by atoms with Crippen LogP contribution in [-0.4, -0.2) is 28.5 Å². The molecule has 0 unspecified atom stereocenters. The van der Waals surface area contributed by atoms with Crippen LogP contribution < -0.4 is 11.1 Å². The first-order valence-electron chi connectivity index (χ1n) is 5.85. The van der Waals surface area contributed by atoms with Crippen LogP contribution in [-0.2, 0) is 9.53 Å². The van der Waals surface area contributed by atoms with Crippen molar-refractivity contribution in [2.24, 2.45) is 0 Å². The summed E-state index contributed by atoms with van der Waals surface area (Å²) in [7, 11) is 0. The molecule has 0 aliphatic heterocycles. The number of esters is 1. The van der Waals surface area contributed by atoms with E-state index < -0.39 is 24.3 Å². The Hall–Kier alpha value is -3.03. The zero-order valence-electron chi connectivity index (χ0n) is 10.7. The number of amides is 1. The van der Waals surface area contributed by atoms with Gasteiger partial charge >= 0.3 is 5.97 Å². The molecule has 0 bridgehead atoms. The molecule has 0 saturated carbocycles. The van der Waals surface area contributed by atoms with E-state index in [9.17, 15) is 14.0 Å². The quantitative estimate of drug-likeness (QED) is 0.813. The molecular weight excluding hydrogens is 279 g/mol. The normalized spacial score (nSPS) is 9.95. The minimum absolute atomic E-state index is 0.0898. The van der Waals surface area contributed by atoms with Crippen molar-refractivity contribution in [3.8, 4) is 0 Å². The maximum absolute atomic E-state index is 12.9. The number of rotatable bonds is 4. The number of hydrogen-bond acceptors (Lipinski definition) is 6. The Morgan fingerprint density at radius 1 is 1.29 bits per heavy atom. The van der Waals surface area contributed by atoms with E-state index in [0.717, 1.165) is 6.07 Å². The summed E-state index contributed by atoms with van der Waals surface area (Å²) in [5, 5.41) is 2.38.